The summed E-state index contributed by atoms with van der Waals surface area (Å²) >= 11 is 0. The molecule has 2 saturated heterocycles. The third kappa shape index (κ3) is 3.50. The molecule has 150 valence electrons. The fourth-order valence-electron chi connectivity index (χ4n) is 4.49. The van der Waals surface area contributed by atoms with Gasteiger partial charge in [0.25, 0.3) is 0 Å². The second-order valence-electron chi connectivity index (χ2n) is 7.76. The van der Waals surface area contributed by atoms with Gasteiger partial charge in [-0.05, 0) is 37.8 Å². The maximum atomic E-state index is 13.0. The van der Waals surface area contributed by atoms with Crippen LogP contribution in [0.3, 0.4) is 0 Å². The van der Waals surface area contributed by atoms with Crippen molar-refractivity contribution in [3.63, 3.8) is 0 Å². The number of nitrogens with zero attached hydrogens (tertiary/aromatic N) is 5. The van der Waals surface area contributed by atoms with Gasteiger partial charge in [0.15, 0.2) is 11.5 Å². The Balaban J connectivity index is 1.21. The van der Waals surface area contributed by atoms with E-state index in [2.05, 4.69) is 47.2 Å². The van der Waals surface area contributed by atoms with Gasteiger partial charge in [-0.25, -0.2) is 15.0 Å². The van der Waals surface area contributed by atoms with E-state index in [1.807, 2.05) is 18.2 Å². The molecule has 0 radical (unpaired) electrons. The fourth-order valence-corrected chi connectivity index (χ4v) is 4.49. The first-order chi connectivity index (χ1) is 14.3. The van der Waals surface area contributed by atoms with Crippen molar-refractivity contribution in [2.45, 2.75) is 37.8 Å². The van der Waals surface area contributed by atoms with E-state index in [0.717, 1.165) is 62.3 Å². The molecule has 8 nitrogen and oxygen atoms in total. The normalized spacial score (nSPS) is 20.3. The number of hydrogen-bond donors (Lipinski definition) is 2. The molecule has 2 aliphatic heterocycles. The van der Waals surface area contributed by atoms with Crippen molar-refractivity contribution in [1.29, 1.82) is 0 Å². The van der Waals surface area contributed by atoms with E-state index in [1.165, 1.54) is 0 Å². The van der Waals surface area contributed by atoms with E-state index in [-0.39, 0.29) is 18.0 Å². The Morgan fingerprint density at radius 2 is 1.86 bits per heavy atom. The number of carbonyl (C=O) groups excluding carboxylic acids is 1. The second kappa shape index (κ2) is 7.69. The van der Waals surface area contributed by atoms with E-state index in [9.17, 15) is 4.79 Å². The third-order valence-corrected chi connectivity index (χ3v) is 5.99. The van der Waals surface area contributed by atoms with Gasteiger partial charge in [-0.15, -0.1) is 0 Å². The zero-order valence-corrected chi connectivity index (χ0v) is 16.3. The Labute approximate surface area is 169 Å². The van der Waals surface area contributed by atoms with Crippen LogP contribution in [0.15, 0.2) is 43.0 Å². The Hall–Kier alpha value is -3.16. The number of benzene rings is 1. The van der Waals surface area contributed by atoms with Gasteiger partial charge in [0.1, 0.15) is 17.9 Å². The van der Waals surface area contributed by atoms with Crippen molar-refractivity contribution >= 4 is 28.6 Å². The Bertz CT molecular complexity index is 981. The highest BCUT2D eigenvalue weighted by molar-refractivity contribution is 5.86. The van der Waals surface area contributed by atoms with Gasteiger partial charge in [0.05, 0.1) is 6.33 Å². The first-order valence-electron chi connectivity index (χ1n) is 10.3. The number of imidazole rings is 1. The van der Waals surface area contributed by atoms with Crippen LogP contribution in [0.2, 0.25) is 0 Å². The highest BCUT2D eigenvalue weighted by atomic mass is 16.2. The molecule has 2 fully saturated rings. The van der Waals surface area contributed by atoms with Gasteiger partial charge in [-0.3, -0.25) is 4.79 Å². The standard InChI is InChI=1S/C21H25N7O/c29-21(17-7-4-10-28(17)16-5-2-1-3-6-16)26-15-8-11-27(12-9-15)20-18-19(23-13-22-18)24-14-25-20/h1-3,5-6,13-15,17H,4,7-12H2,(H,26,29)(H,22,23,24,25). The second-order valence-corrected chi connectivity index (χ2v) is 7.76. The summed E-state index contributed by atoms with van der Waals surface area (Å²) in [5.74, 6) is 1.05. The number of anilines is 2. The molecule has 3 aromatic rings. The molecule has 4 heterocycles. The SMILES string of the molecule is O=C(NC1CCN(c2ncnc3nc[nH]c23)CC1)C1CCCN1c1ccccc1. The number of aromatic nitrogens is 4. The predicted molar refractivity (Wildman–Crippen MR) is 112 cm³/mol. The van der Waals surface area contributed by atoms with Gasteiger partial charge >= 0.3 is 0 Å². The average Bonchev–Trinajstić information content (AvgIpc) is 3.44. The number of amides is 1. The number of nitrogens with one attached hydrogen (secondary N) is 2. The van der Waals surface area contributed by atoms with Gasteiger partial charge in [-0.1, -0.05) is 18.2 Å². The molecule has 0 spiro atoms. The first-order valence-corrected chi connectivity index (χ1v) is 10.3. The molecule has 1 amide bonds. The van der Waals surface area contributed by atoms with Crippen LogP contribution in [0.25, 0.3) is 11.2 Å². The summed E-state index contributed by atoms with van der Waals surface area (Å²) in [4.78, 5) is 33.4. The largest absolute Gasteiger partial charge is 0.360 e. The minimum Gasteiger partial charge on any atom is -0.360 e. The number of carbonyl (C=O) groups is 1. The van der Waals surface area contributed by atoms with E-state index < -0.39 is 0 Å². The number of hydrogen-bond acceptors (Lipinski definition) is 6. The van der Waals surface area contributed by atoms with Crippen molar-refractivity contribution in [3.05, 3.63) is 43.0 Å². The zero-order chi connectivity index (χ0) is 19.6. The Morgan fingerprint density at radius 1 is 1.03 bits per heavy atom. The molecule has 29 heavy (non-hydrogen) atoms. The molecular weight excluding hydrogens is 366 g/mol. The molecule has 2 aliphatic rings. The van der Waals surface area contributed by atoms with Crippen LogP contribution >= 0.6 is 0 Å². The maximum Gasteiger partial charge on any atom is 0.242 e. The molecule has 0 saturated carbocycles. The summed E-state index contributed by atoms with van der Waals surface area (Å²) in [5, 5.41) is 3.30. The minimum atomic E-state index is -0.0677. The van der Waals surface area contributed by atoms with E-state index >= 15 is 0 Å². The molecule has 1 atom stereocenters. The van der Waals surface area contributed by atoms with Gasteiger partial charge < -0.3 is 20.1 Å². The van der Waals surface area contributed by atoms with Gasteiger partial charge in [0, 0.05) is 31.4 Å². The summed E-state index contributed by atoms with van der Waals surface area (Å²) in [6, 6.07) is 10.4. The monoisotopic (exact) mass is 391 g/mol. The Morgan fingerprint density at radius 3 is 2.69 bits per heavy atom. The van der Waals surface area contributed by atoms with Crippen molar-refractivity contribution in [2.75, 3.05) is 29.4 Å². The van der Waals surface area contributed by atoms with Crippen molar-refractivity contribution in [2.24, 2.45) is 0 Å². The summed E-state index contributed by atoms with van der Waals surface area (Å²) < 4.78 is 0. The number of piperidine rings is 1. The molecule has 5 rings (SSSR count). The molecule has 0 aliphatic carbocycles. The fraction of sp³-hybridized carbons (Fsp3) is 0.429. The number of H-pyrrole nitrogens is 1. The van der Waals surface area contributed by atoms with Crippen molar-refractivity contribution in [3.8, 4) is 0 Å². The first kappa shape index (κ1) is 17.9. The van der Waals surface area contributed by atoms with Crippen LogP contribution in [-0.4, -0.2) is 57.6 Å². The maximum absolute atomic E-state index is 13.0. The minimum absolute atomic E-state index is 0.0677. The topological polar surface area (TPSA) is 90.0 Å². The smallest absolute Gasteiger partial charge is 0.242 e. The highest BCUT2D eigenvalue weighted by Gasteiger charge is 2.32. The van der Waals surface area contributed by atoms with Crippen LogP contribution in [0.4, 0.5) is 11.5 Å². The summed E-state index contributed by atoms with van der Waals surface area (Å²) in [6.45, 7) is 2.64. The lowest BCUT2D eigenvalue weighted by Crippen LogP contribution is -2.50. The quantitative estimate of drug-likeness (QED) is 0.708. The molecule has 8 heteroatoms. The molecule has 2 N–H and O–H groups in total. The van der Waals surface area contributed by atoms with Crippen molar-refractivity contribution in [1.82, 2.24) is 25.3 Å². The van der Waals surface area contributed by atoms with E-state index in [1.54, 1.807) is 12.7 Å². The molecule has 1 unspecified atom stereocenters. The van der Waals surface area contributed by atoms with Crippen LogP contribution in [-0.2, 0) is 4.79 Å². The number of aromatic amines is 1. The van der Waals surface area contributed by atoms with Gasteiger partial charge in [0.2, 0.25) is 5.91 Å². The summed E-state index contributed by atoms with van der Waals surface area (Å²) in [5.41, 5.74) is 2.69. The van der Waals surface area contributed by atoms with Crippen molar-refractivity contribution < 1.29 is 4.79 Å². The lowest BCUT2D eigenvalue weighted by Gasteiger charge is -2.34. The molecule has 2 aromatic heterocycles. The van der Waals surface area contributed by atoms with Crippen LogP contribution in [0.1, 0.15) is 25.7 Å². The van der Waals surface area contributed by atoms with E-state index in [4.69, 9.17) is 0 Å². The highest BCUT2D eigenvalue weighted by Crippen LogP contribution is 2.27. The predicted octanol–water partition coefficient (Wildman–Crippen LogP) is 2.11. The summed E-state index contributed by atoms with van der Waals surface area (Å²) in [7, 11) is 0. The number of fused-ring (bicyclic) bond motifs is 1. The van der Waals surface area contributed by atoms with Crippen LogP contribution in [0, 0.1) is 0 Å². The Kier molecular flexibility index (Phi) is 4.75. The lowest BCUT2D eigenvalue weighted by molar-refractivity contribution is -0.123. The molecular formula is C21H25N7O. The third-order valence-electron chi connectivity index (χ3n) is 5.99. The summed E-state index contributed by atoms with van der Waals surface area (Å²) in [6.07, 6.45) is 6.99. The van der Waals surface area contributed by atoms with Crippen LogP contribution < -0.4 is 15.1 Å². The van der Waals surface area contributed by atoms with Gasteiger partial charge in [-0.2, -0.15) is 0 Å². The molecule has 1 aromatic carbocycles. The number of rotatable bonds is 4. The zero-order valence-electron chi connectivity index (χ0n) is 16.3. The van der Waals surface area contributed by atoms with Crippen LogP contribution in [0.5, 0.6) is 0 Å². The number of para-hydroxylation sites is 1. The lowest BCUT2D eigenvalue weighted by atomic mass is 10.0. The molecule has 0 bridgehead atoms. The van der Waals surface area contributed by atoms with E-state index in [0.29, 0.717) is 5.65 Å². The average molecular weight is 391 g/mol.